The van der Waals surface area contributed by atoms with Gasteiger partial charge in [-0.2, -0.15) is 5.26 Å². The number of hydrogen-bond donors (Lipinski definition) is 1. The zero-order valence-corrected chi connectivity index (χ0v) is 15.0. The first-order chi connectivity index (χ1) is 13.1. The molecule has 0 atom stereocenters. The van der Waals surface area contributed by atoms with E-state index in [4.69, 9.17) is 4.74 Å². The summed E-state index contributed by atoms with van der Waals surface area (Å²) in [5.74, 6) is -0.00519. The minimum atomic E-state index is -0.331. The van der Waals surface area contributed by atoms with Gasteiger partial charge in [0.05, 0.1) is 0 Å². The van der Waals surface area contributed by atoms with Gasteiger partial charge in [-0.05, 0) is 54.3 Å². The molecule has 1 amide bonds. The van der Waals surface area contributed by atoms with E-state index in [2.05, 4.69) is 5.32 Å². The summed E-state index contributed by atoms with van der Waals surface area (Å²) in [5, 5.41) is 12.3. The first-order valence-electron chi connectivity index (χ1n) is 9.04. The Hall–Kier alpha value is -3.13. The summed E-state index contributed by atoms with van der Waals surface area (Å²) in [6, 6.07) is 15.4. The Morgan fingerprint density at radius 2 is 1.96 bits per heavy atom. The average Bonchev–Trinajstić information content (AvgIpc) is 3.19. The van der Waals surface area contributed by atoms with Gasteiger partial charge in [-0.15, -0.1) is 0 Å². The van der Waals surface area contributed by atoms with Gasteiger partial charge >= 0.3 is 0 Å². The molecule has 0 aromatic heterocycles. The highest BCUT2D eigenvalue weighted by Crippen LogP contribution is 2.20. The van der Waals surface area contributed by atoms with Crippen molar-refractivity contribution in [1.82, 2.24) is 5.32 Å². The second-order valence-corrected chi connectivity index (χ2v) is 6.61. The maximum Gasteiger partial charge on any atom is 0.262 e. The largest absolute Gasteiger partial charge is 0.489 e. The van der Waals surface area contributed by atoms with Crippen molar-refractivity contribution in [3.63, 3.8) is 0 Å². The van der Waals surface area contributed by atoms with E-state index in [1.807, 2.05) is 12.1 Å². The molecule has 2 aromatic carbocycles. The molecule has 0 aliphatic heterocycles. The van der Waals surface area contributed by atoms with Crippen LogP contribution in [-0.4, -0.2) is 11.9 Å². The van der Waals surface area contributed by atoms with Gasteiger partial charge in [0.15, 0.2) is 0 Å². The van der Waals surface area contributed by atoms with Crippen molar-refractivity contribution in [1.29, 1.82) is 5.26 Å². The van der Waals surface area contributed by atoms with Gasteiger partial charge in [0.25, 0.3) is 5.91 Å². The third kappa shape index (κ3) is 5.42. The second kappa shape index (κ2) is 9.00. The van der Waals surface area contributed by atoms with E-state index in [0.29, 0.717) is 17.9 Å². The Morgan fingerprint density at radius 3 is 2.67 bits per heavy atom. The number of benzene rings is 2. The van der Waals surface area contributed by atoms with Gasteiger partial charge < -0.3 is 10.1 Å². The molecule has 0 saturated heterocycles. The second-order valence-electron chi connectivity index (χ2n) is 6.61. The molecule has 0 bridgehead atoms. The van der Waals surface area contributed by atoms with Crippen molar-refractivity contribution >= 4 is 12.0 Å². The smallest absolute Gasteiger partial charge is 0.262 e. The lowest BCUT2D eigenvalue weighted by Gasteiger charge is -2.11. The van der Waals surface area contributed by atoms with Crippen molar-refractivity contribution in [2.45, 2.75) is 38.3 Å². The SMILES string of the molecule is N#C/C(=C\c1cccc(OCc2ccc(F)cc2)c1)C(=O)NC1CCCC1. The predicted octanol–water partition coefficient (Wildman–Crippen LogP) is 4.37. The lowest BCUT2D eigenvalue weighted by Crippen LogP contribution is -2.33. The molecule has 0 radical (unpaired) electrons. The fourth-order valence-corrected chi connectivity index (χ4v) is 3.09. The molecule has 2 aromatic rings. The van der Waals surface area contributed by atoms with E-state index in [-0.39, 0.29) is 23.3 Å². The van der Waals surface area contributed by atoms with E-state index in [1.165, 1.54) is 12.1 Å². The summed E-state index contributed by atoms with van der Waals surface area (Å²) in [7, 11) is 0. The van der Waals surface area contributed by atoms with E-state index >= 15 is 0 Å². The Labute approximate surface area is 158 Å². The molecule has 138 valence electrons. The van der Waals surface area contributed by atoms with Crippen LogP contribution in [0.5, 0.6) is 5.75 Å². The number of amides is 1. The lowest BCUT2D eigenvalue weighted by molar-refractivity contribution is -0.117. The van der Waals surface area contributed by atoms with Crippen LogP contribution in [0.25, 0.3) is 6.08 Å². The fourth-order valence-electron chi connectivity index (χ4n) is 3.09. The molecule has 1 saturated carbocycles. The zero-order chi connectivity index (χ0) is 19.1. The van der Waals surface area contributed by atoms with E-state index in [9.17, 15) is 14.4 Å². The van der Waals surface area contributed by atoms with Crippen LogP contribution in [0, 0.1) is 17.1 Å². The van der Waals surface area contributed by atoms with Crippen LogP contribution in [0.15, 0.2) is 54.1 Å². The first-order valence-corrected chi connectivity index (χ1v) is 9.04. The van der Waals surface area contributed by atoms with E-state index in [0.717, 1.165) is 31.2 Å². The average molecular weight is 364 g/mol. The maximum atomic E-state index is 12.9. The number of carbonyl (C=O) groups excluding carboxylic acids is 1. The molecule has 4 nitrogen and oxygen atoms in total. The Kier molecular flexibility index (Phi) is 6.22. The number of nitrogens with zero attached hydrogens (tertiary/aromatic N) is 1. The highest BCUT2D eigenvalue weighted by atomic mass is 19.1. The van der Waals surface area contributed by atoms with E-state index in [1.54, 1.807) is 36.4 Å². The van der Waals surface area contributed by atoms with Crippen molar-refractivity contribution in [2.75, 3.05) is 0 Å². The Balaban J connectivity index is 1.65. The normalized spacial score (nSPS) is 14.6. The number of nitrogens with one attached hydrogen (secondary N) is 1. The first kappa shape index (κ1) is 18.7. The molecule has 0 unspecified atom stereocenters. The van der Waals surface area contributed by atoms with Crippen molar-refractivity contribution in [2.24, 2.45) is 0 Å². The third-order valence-electron chi connectivity index (χ3n) is 4.54. The summed E-state index contributed by atoms with van der Waals surface area (Å²) < 4.78 is 18.7. The molecule has 0 spiro atoms. The predicted molar refractivity (Wildman–Crippen MR) is 101 cm³/mol. The quantitative estimate of drug-likeness (QED) is 0.611. The number of hydrogen-bond acceptors (Lipinski definition) is 3. The molecule has 3 rings (SSSR count). The van der Waals surface area contributed by atoms with Crippen LogP contribution in [0.4, 0.5) is 4.39 Å². The molecule has 1 fully saturated rings. The van der Waals surface area contributed by atoms with Crippen molar-refractivity contribution in [3.05, 3.63) is 71.0 Å². The van der Waals surface area contributed by atoms with Crippen LogP contribution >= 0.6 is 0 Å². The number of carbonyl (C=O) groups is 1. The monoisotopic (exact) mass is 364 g/mol. The van der Waals surface area contributed by atoms with Gasteiger partial charge in [-0.25, -0.2) is 4.39 Å². The van der Waals surface area contributed by atoms with Crippen molar-refractivity contribution < 1.29 is 13.9 Å². The van der Waals surface area contributed by atoms with Gasteiger partial charge in [0, 0.05) is 6.04 Å². The van der Waals surface area contributed by atoms with Crippen LogP contribution in [0.2, 0.25) is 0 Å². The molecule has 27 heavy (non-hydrogen) atoms. The fraction of sp³-hybridized carbons (Fsp3) is 0.273. The van der Waals surface area contributed by atoms with E-state index < -0.39 is 0 Å². The third-order valence-corrected chi connectivity index (χ3v) is 4.54. The number of nitriles is 1. The highest BCUT2D eigenvalue weighted by Gasteiger charge is 2.19. The topological polar surface area (TPSA) is 62.1 Å². The number of rotatable bonds is 6. The molecular weight excluding hydrogens is 343 g/mol. The number of ether oxygens (including phenoxy) is 1. The Morgan fingerprint density at radius 1 is 1.22 bits per heavy atom. The zero-order valence-electron chi connectivity index (χ0n) is 15.0. The number of halogens is 1. The molecule has 0 heterocycles. The summed E-state index contributed by atoms with van der Waals surface area (Å²) in [4.78, 5) is 12.3. The van der Waals surface area contributed by atoms with Crippen LogP contribution in [0.1, 0.15) is 36.8 Å². The minimum absolute atomic E-state index is 0.0811. The van der Waals surface area contributed by atoms with Crippen LogP contribution in [-0.2, 0) is 11.4 Å². The highest BCUT2D eigenvalue weighted by molar-refractivity contribution is 6.01. The summed E-state index contributed by atoms with van der Waals surface area (Å²) in [5.41, 5.74) is 1.65. The van der Waals surface area contributed by atoms with Gasteiger partial charge in [0.1, 0.15) is 29.8 Å². The molecule has 5 heteroatoms. The van der Waals surface area contributed by atoms with Gasteiger partial charge in [-0.1, -0.05) is 37.1 Å². The lowest BCUT2D eigenvalue weighted by atomic mass is 10.1. The van der Waals surface area contributed by atoms with Gasteiger partial charge in [0.2, 0.25) is 0 Å². The molecule has 1 N–H and O–H groups in total. The van der Waals surface area contributed by atoms with Crippen molar-refractivity contribution in [3.8, 4) is 11.8 Å². The molecular formula is C22H21FN2O2. The van der Waals surface area contributed by atoms with Crippen LogP contribution < -0.4 is 10.1 Å². The summed E-state index contributed by atoms with van der Waals surface area (Å²) >= 11 is 0. The summed E-state index contributed by atoms with van der Waals surface area (Å²) in [6.07, 6.45) is 5.73. The minimum Gasteiger partial charge on any atom is -0.489 e. The van der Waals surface area contributed by atoms with Crippen LogP contribution in [0.3, 0.4) is 0 Å². The molecule has 1 aliphatic rings. The molecule has 1 aliphatic carbocycles. The summed E-state index contributed by atoms with van der Waals surface area (Å²) in [6.45, 7) is 0.306. The Bertz CT molecular complexity index is 863. The van der Waals surface area contributed by atoms with Gasteiger partial charge in [-0.3, -0.25) is 4.79 Å². The maximum absolute atomic E-state index is 12.9. The standard InChI is InChI=1S/C22H21FN2O2/c23-19-10-8-16(9-11-19)15-27-21-7-3-4-17(13-21)12-18(14-24)22(26)25-20-5-1-2-6-20/h3-4,7-13,20H,1-2,5-6,15H2,(H,25,26)/b18-12+.